The molecule has 0 saturated heterocycles. The third-order valence-corrected chi connectivity index (χ3v) is 3.53. The highest BCUT2D eigenvalue weighted by Gasteiger charge is 2.20. The van der Waals surface area contributed by atoms with Crippen molar-refractivity contribution < 1.29 is 4.74 Å². The molecule has 0 aliphatic heterocycles. The Hall–Kier alpha value is -1.23. The molecule has 1 aromatic carbocycles. The number of hydrogen-bond donors (Lipinski definition) is 1. The van der Waals surface area contributed by atoms with Crippen molar-refractivity contribution in [3.8, 4) is 0 Å². The minimum atomic E-state index is -0.103. The summed E-state index contributed by atoms with van der Waals surface area (Å²) in [4.78, 5) is 4.17. The molecule has 2 unspecified atom stereocenters. The van der Waals surface area contributed by atoms with Gasteiger partial charge < -0.3 is 10.5 Å². The second-order valence-corrected chi connectivity index (χ2v) is 5.58. The molecule has 0 saturated carbocycles. The van der Waals surface area contributed by atoms with Gasteiger partial charge in [-0.1, -0.05) is 30.3 Å². The Bertz CT molecular complexity index is 533. The summed E-state index contributed by atoms with van der Waals surface area (Å²) in [5.41, 5.74) is 8.57. The minimum absolute atomic E-state index is 0.0971. The molecule has 0 amide bonds. The molecular weight excluding hydrogens is 316 g/mol. The largest absolute Gasteiger partial charge is 0.372 e. The van der Waals surface area contributed by atoms with Gasteiger partial charge >= 0.3 is 0 Å². The number of nitrogens with two attached hydrogens (primary N) is 1. The van der Waals surface area contributed by atoms with E-state index in [-0.39, 0.29) is 12.1 Å². The van der Waals surface area contributed by atoms with E-state index in [1.54, 1.807) is 6.20 Å². The zero-order valence-electron chi connectivity index (χ0n) is 11.5. The van der Waals surface area contributed by atoms with Gasteiger partial charge in [-0.2, -0.15) is 0 Å². The molecule has 2 rings (SSSR count). The van der Waals surface area contributed by atoms with Gasteiger partial charge in [-0.05, 0) is 46.5 Å². The Morgan fingerprint density at radius 1 is 1.25 bits per heavy atom. The molecule has 0 fully saturated rings. The quantitative estimate of drug-likeness (QED) is 0.879. The van der Waals surface area contributed by atoms with E-state index < -0.39 is 0 Å². The summed E-state index contributed by atoms with van der Waals surface area (Å²) in [5, 5.41) is 0. The van der Waals surface area contributed by atoms with E-state index in [0.717, 1.165) is 22.0 Å². The first-order valence-corrected chi connectivity index (χ1v) is 7.51. The lowest BCUT2D eigenvalue weighted by Crippen LogP contribution is -2.32. The molecule has 2 aromatic rings. The number of hydrogen-bond acceptors (Lipinski definition) is 3. The van der Waals surface area contributed by atoms with Crippen molar-refractivity contribution in [2.24, 2.45) is 5.73 Å². The smallest absolute Gasteiger partial charge is 0.0978 e. The molecule has 0 aliphatic carbocycles. The number of benzene rings is 1. The lowest BCUT2D eigenvalue weighted by molar-refractivity contribution is 0.0433. The average Bonchev–Trinajstić information content (AvgIpc) is 2.45. The van der Waals surface area contributed by atoms with Crippen LogP contribution in [0.15, 0.2) is 53.3 Å². The molecule has 0 aliphatic rings. The standard InChI is InChI=1S/C16H19BrN2O/c1-2-20-16(13-6-4-3-5-7-13)15(18)9-12-8-14(17)11-19-10-12/h3-8,10-11,15-16H,2,9,18H2,1H3. The van der Waals surface area contributed by atoms with Crippen LogP contribution in [0.1, 0.15) is 24.2 Å². The van der Waals surface area contributed by atoms with E-state index in [1.165, 1.54) is 0 Å². The summed E-state index contributed by atoms with van der Waals surface area (Å²) in [7, 11) is 0. The zero-order chi connectivity index (χ0) is 14.4. The van der Waals surface area contributed by atoms with Crippen molar-refractivity contribution in [1.82, 2.24) is 4.98 Å². The highest BCUT2D eigenvalue weighted by Crippen LogP contribution is 2.23. The van der Waals surface area contributed by atoms with Gasteiger partial charge in [0.2, 0.25) is 0 Å². The van der Waals surface area contributed by atoms with E-state index in [9.17, 15) is 0 Å². The first-order valence-electron chi connectivity index (χ1n) is 6.72. The predicted molar refractivity (Wildman–Crippen MR) is 84.4 cm³/mol. The van der Waals surface area contributed by atoms with Crippen molar-refractivity contribution >= 4 is 15.9 Å². The normalized spacial score (nSPS) is 13.9. The Morgan fingerprint density at radius 3 is 2.65 bits per heavy atom. The van der Waals surface area contributed by atoms with Crippen LogP contribution in [0, 0.1) is 0 Å². The third kappa shape index (κ3) is 4.13. The first kappa shape index (κ1) is 15.2. The molecule has 3 nitrogen and oxygen atoms in total. The van der Waals surface area contributed by atoms with E-state index in [2.05, 4.69) is 33.0 Å². The number of ether oxygens (including phenoxy) is 1. The number of nitrogens with zero attached hydrogens (tertiary/aromatic N) is 1. The van der Waals surface area contributed by atoms with Crippen molar-refractivity contribution in [2.75, 3.05) is 6.61 Å². The van der Waals surface area contributed by atoms with Gasteiger partial charge in [0.05, 0.1) is 6.10 Å². The van der Waals surface area contributed by atoms with Gasteiger partial charge in [0.15, 0.2) is 0 Å². The van der Waals surface area contributed by atoms with Gasteiger partial charge in [0.25, 0.3) is 0 Å². The number of pyridine rings is 1. The second-order valence-electron chi connectivity index (χ2n) is 4.67. The van der Waals surface area contributed by atoms with Crippen molar-refractivity contribution in [1.29, 1.82) is 0 Å². The fourth-order valence-corrected chi connectivity index (χ4v) is 2.65. The molecule has 0 radical (unpaired) electrons. The van der Waals surface area contributed by atoms with Crippen LogP contribution in [-0.4, -0.2) is 17.6 Å². The summed E-state index contributed by atoms with van der Waals surface area (Å²) in [6.07, 6.45) is 4.25. The summed E-state index contributed by atoms with van der Waals surface area (Å²) < 4.78 is 6.80. The summed E-state index contributed by atoms with van der Waals surface area (Å²) in [6, 6.07) is 12.1. The predicted octanol–water partition coefficient (Wildman–Crippen LogP) is 3.49. The summed E-state index contributed by atoms with van der Waals surface area (Å²) in [6.45, 7) is 2.63. The molecule has 2 atom stereocenters. The minimum Gasteiger partial charge on any atom is -0.372 e. The van der Waals surface area contributed by atoms with Crippen LogP contribution in [0.25, 0.3) is 0 Å². The monoisotopic (exact) mass is 334 g/mol. The van der Waals surface area contributed by atoms with Crippen LogP contribution in [-0.2, 0) is 11.2 Å². The number of rotatable bonds is 6. The first-order chi connectivity index (χ1) is 9.70. The van der Waals surface area contributed by atoms with Crippen LogP contribution in [0.2, 0.25) is 0 Å². The molecule has 1 heterocycles. The molecule has 4 heteroatoms. The Morgan fingerprint density at radius 2 is 2.00 bits per heavy atom. The maximum absolute atomic E-state index is 6.35. The van der Waals surface area contributed by atoms with Crippen molar-refractivity contribution in [3.63, 3.8) is 0 Å². The molecule has 2 N–H and O–H groups in total. The van der Waals surface area contributed by atoms with Crippen LogP contribution < -0.4 is 5.73 Å². The average molecular weight is 335 g/mol. The lowest BCUT2D eigenvalue weighted by Gasteiger charge is -2.24. The number of halogens is 1. The molecule has 1 aromatic heterocycles. The zero-order valence-corrected chi connectivity index (χ0v) is 13.1. The molecule has 106 valence electrons. The van der Waals surface area contributed by atoms with Gasteiger partial charge in [-0.15, -0.1) is 0 Å². The molecule has 20 heavy (non-hydrogen) atoms. The van der Waals surface area contributed by atoms with Crippen LogP contribution >= 0.6 is 15.9 Å². The van der Waals surface area contributed by atoms with Gasteiger partial charge in [-0.3, -0.25) is 4.98 Å². The third-order valence-electron chi connectivity index (χ3n) is 3.10. The van der Waals surface area contributed by atoms with Gasteiger partial charge in [0, 0.05) is 29.5 Å². The van der Waals surface area contributed by atoms with Crippen LogP contribution in [0.4, 0.5) is 0 Å². The second kappa shape index (κ2) is 7.53. The molecular formula is C16H19BrN2O. The van der Waals surface area contributed by atoms with Crippen LogP contribution in [0.5, 0.6) is 0 Å². The highest BCUT2D eigenvalue weighted by atomic mass is 79.9. The van der Waals surface area contributed by atoms with E-state index in [1.807, 2.05) is 37.4 Å². The van der Waals surface area contributed by atoms with E-state index in [4.69, 9.17) is 10.5 Å². The maximum atomic E-state index is 6.35. The van der Waals surface area contributed by atoms with E-state index in [0.29, 0.717) is 6.61 Å². The lowest BCUT2D eigenvalue weighted by atomic mass is 9.97. The summed E-state index contributed by atoms with van der Waals surface area (Å²) >= 11 is 3.43. The summed E-state index contributed by atoms with van der Waals surface area (Å²) in [5.74, 6) is 0. The molecule has 0 spiro atoms. The Labute approximate surface area is 128 Å². The molecule has 0 bridgehead atoms. The topological polar surface area (TPSA) is 48.1 Å². The SMILES string of the molecule is CCOC(c1ccccc1)C(N)Cc1cncc(Br)c1. The fraction of sp³-hybridized carbons (Fsp3) is 0.312. The fourth-order valence-electron chi connectivity index (χ4n) is 2.24. The van der Waals surface area contributed by atoms with Gasteiger partial charge in [0.1, 0.15) is 0 Å². The van der Waals surface area contributed by atoms with Crippen molar-refractivity contribution in [2.45, 2.75) is 25.5 Å². The maximum Gasteiger partial charge on any atom is 0.0978 e. The Balaban J connectivity index is 2.13. The Kier molecular flexibility index (Phi) is 5.71. The van der Waals surface area contributed by atoms with E-state index >= 15 is 0 Å². The van der Waals surface area contributed by atoms with Gasteiger partial charge in [-0.25, -0.2) is 0 Å². The highest BCUT2D eigenvalue weighted by molar-refractivity contribution is 9.10. The van der Waals surface area contributed by atoms with Crippen molar-refractivity contribution in [3.05, 3.63) is 64.4 Å². The number of aromatic nitrogens is 1. The van der Waals surface area contributed by atoms with Crippen LogP contribution in [0.3, 0.4) is 0 Å².